The lowest BCUT2D eigenvalue weighted by atomic mass is 10.0. The minimum atomic E-state index is -1.27. The summed E-state index contributed by atoms with van der Waals surface area (Å²) in [7, 11) is 1.21. The van der Waals surface area contributed by atoms with Gasteiger partial charge in [0.15, 0.2) is 10.8 Å². The Labute approximate surface area is 218 Å². The van der Waals surface area contributed by atoms with E-state index in [9.17, 15) is 24.3 Å². The molecule has 0 bridgehead atoms. The number of hydrogen-bond acceptors (Lipinski definition) is 10. The highest BCUT2D eigenvalue weighted by molar-refractivity contribution is 8.00. The van der Waals surface area contributed by atoms with Crippen molar-refractivity contribution in [1.29, 1.82) is 0 Å². The Morgan fingerprint density at radius 2 is 2.03 bits per heavy atom. The Morgan fingerprint density at radius 1 is 1.34 bits per heavy atom. The highest BCUT2D eigenvalue weighted by atomic mass is 35.5. The van der Waals surface area contributed by atoms with Gasteiger partial charge in [-0.15, -0.1) is 23.4 Å². The highest BCUT2D eigenvalue weighted by Gasteiger charge is 2.54. The number of carboxylic acid groups (broad SMARTS) is 1. The molecule has 190 valence electrons. The van der Waals surface area contributed by atoms with Crippen molar-refractivity contribution in [3.05, 3.63) is 21.3 Å². The number of halogens is 2. The summed E-state index contributed by atoms with van der Waals surface area (Å²) in [5.41, 5.74) is -0.923. The molecule has 16 heteroatoms. The molecule has 1 fully saturated rings. The van der Waals surface area contributed by atoms with Crippen molar-refractivity contribution < 1.29 is 33.9 Å². The van der Waals surface area contributed by atoms with Crippen molar-refractivity contribution in [1.82, 2.24) is 15.2 Å². The van der Waals surface area contributed by atoms with Crippen LogP contribution in [0.2, 0.25) is 4.34 Å². The lowest BCUT2D eigenvalue weighted by molar-refractivity contribution is -0.150. The first-order chi connectivity index (χ1) is 16.4. The van der Waals surface area contributed by atoms with Crippen molar-refractivity contribution in [3.63, 3.8) is 0 Å². The number of amides is 3. The number of carbonyl (C=O) groups excluding carboxylic acids is 3. The fourth-order valence-electron chi connectivity index (χ4n) is 3.17. The normalized spacial score (nSPS) is 20.1. The van der Waals surface area contributed by atoms with Crippen LogP contribution in [0, 0.1) is 0 Å². The number of nitrogens with zero attached hydrogens (tertiary/aromatic N) is 3. The number of aromatic nitrogens is 1. The van der Waals surface area contributed by atoms with Gasteiger partial charge in [0, 0.05) is 11.6 Å². The third kappa shape index (κ3) is 5.82. The molecular formula is C19H21Cl2N5O7S2. The standard InChI is InChI=1S/C19H21Cl2N5O7S2/c1-19(2,3)33-18(31)24-17-23-8(12(21)35-17)9(25-32-4)13(27)22-10-14(28)26-11(16(29)30)7(5-20)6-34-15(10)26/h10,15H,5-6H2,1-4H3,(H,22,27)(H,29,30)(H,23,24,31)/t10-,15-/m1/s1. The van der Waals surface area contributed by atoms with Crippen LogP contribution in [0.25, 0.3) is 0 Å². The molecule has 0 unspecified atom stereocenters. The Balaban J connectivity index is 1.77. The Kier molecular flexibility index (Phi) is 8.19. The average molecular weight is 566 g/mol. The summed E-state index contributed by atoms with van der Waals surface area (Å²) in [6.45, 7) is 5.08. The molecule has 0 aromatic carbocycles. The van der Waals surface area contributed by atoms with Crippen LogP contribution in [0.1, 0.15) is 26.5 Å². The number of ether oxygens (including phenoxy) is 1. The number of rotatable bonds is 7. The van der Waals surface area contributed by atoms with Gasteiger partial charge in [-0.2, -0.15) is 0 Å². The zero-order chi connectivity index (χ0) is 26.1. The fraction of sp³-hybridized carbons (Fsp3) is 0.474. The molecule has 2 atom stereocenters. The molecule has 0 saturated carbocycles. The van der Waals surface area contributed by atoms with E-state index in [-0.39, 0.29) is 32.5 Å². The number of alkyl halides is 1. The number of β-lactam (4-membered cyclic amide) rings is 1. The van der Waals surface area contributed by atoms with Gasteiger partial charge >= 0.3 is 12.1 Å². The van der Waals surface area contributed by atoms with E-state index in [1.54, 1.807) is 20.8 Å². The van der Waals surface area contributed by atoms with Crippen LogP contribution < -0.4 is 10.6 Å². The van der Waals surface area contributed by atoms with Gasteiger partial charge < -0.3 is 20.0 Å². The summed E-state index contributed by atoms with van der Waals surface area (Å²) in [4.78, 5) is 59.4. The number of carboxylic acids is 1. The van der Waals surface area contributed by atoms with Crippen LogP contribution >= 0.6 is 46.3 Å². The van der Waals surface area contributed by atoms with Gasteiger partial charge in [0.25, 0.3) is 11.8 Å². The van der Waals surface area contributed by atoms with E-state index in [4.69, 9.17) is 32.8 Å². The zero-order valence-electron chi connectivity index (χ0n) is 18.9. The number of fused-ring (bicyclic) bond motifs is 1. The summed E-state index contributed by atoms with van der Waals surface area (Å²) >= 11 is 14.2. The molecule has 0 spiro atoms. The average Bonchev–Trinajstić information content (AvgIpc) is 3.11. The van der Waals surface area contributed by atoms with Gasteiger partial charge in [0.05, 0.1) is 0 Å². The third-order valence-electron chi connectivity index (χ3n) is 4.51. The first-order valence-electron chi connectivity index (χ1n) is 9.92. The molecule has 1 aromatic heterocycles. The summed E-state index contributed by atoms with van der Waals surface area (Å²) in [5, 5.41) is 17.6. The summed E-state index contributed by atoms with van der Waals surface area (Å²) < 4.78 is 5.19. The Hall–Kier alpha value is -2.55. The van der Waals surface area contributed by atoms with Crippen molar-refractivity contribution in [3.8, 4) is 0 Å². The first kappa shape index (κ1) is 27.0. The SMILES string of the molecule is CON=C(C(=O)N[C@@H]1C(=O)N2C(C(=O)O)=C(CCl)CS[C@H]12)c1nc(NC(=O)OC(C)(C)C)sc1Cl. The zero-order valence-corrected chi connectivity index (χ0v) is 22.0. The van der Waals surface area contributed by atoms with E-state index in [2.05, 4.69) is 20.8 Å². The molecule has 1 saturated heterocycles. The molecule has 0 radical (unpaired) electrons. The second kappa shape index (κ2) is 10.6. The van der Waals surface area contributed by atoms with E-state index in [1.165, 1.54) is 18.9 Å². The van der Waals surface area contributed by atoms with Crippen LogP contribution in [0.3, 0.4) is 0 Å². The number of anilines is 1. The van der Waals surface area contributed by atoms with Crippen molar-refractivity contribution >= 4 is 81.0 Å². The van der Waals surface area contributed by atoms with E-state index >= 15 is 0 Å². The molecule has 35 heavy (non-hydrogen) atoms. The van der Waals surface area contributed by atoms with Gasteiger partial charge in [-0.25, -0.2) is 14.6 Å². The van der Waals surface area contributed by atoms with Crippen LogP contribution in [0.4, 0.5) is 9.93 Å². The molecule has 0 aliphatic carbocycles. The van der Waals surface area contributed by atoms with E-state index in [0.29, 0.717) is 11.3 Å². The molecule has 1 aromatic rings. The molecule has 3 heterocycles. The van der Waals surface area contributed by atoms with Crippen LogP contribution in [-0.2, 0) is 24.0 Å². The highest BCUT2D eigenvalue weighted by Crippen LogP contribution is 2.40. The number of thiazole rings is 1. The largest absolute Gasteiger partial charge is 0.477 e. The molecule has 12 nitrogen and oxygen atoms in total. The number of hydrogen-bond donors (Lipinski definition) is 3. The van der Waals surface area contributed by atoms with Crippen molar-refractivity contribution in [2.45, 2.75) is 37.8 Å². The van der Waals surface area contributed by atoms with Gasteiger partial charge in [-0.1, -0.05) is 28.1 Å². The number of oxime groups is 1. The van der Waals surface area contributed by atoms with E-state index in [1.807, 2.05) is 0 Å². The quantitative estimate of drug-likeness (QED) is 0.195. The van der Waals surface area contributed by atoms with Crippen LogP contribution in [-0.4, -0.2) is 80.3 Å². The van der Waals surface area contributed by atoms with E-state index < -0.39 is 40.9 Å². The molecule has 2 aliphatic rings. The number of thioether (sulfide) groups is 1. The summed E-state index contributed by atoms with van der Waals surface area (Å²) in [5.74, 6) is -2.45. The maximum absolute atomic E-state index is 13.0. The van der Waals surface area contributed by atoms with Gasteiger partial charge in [0.2, 0.25) is 0 Å². The van der Waals surface area contributed by atoms with E-state index in [0.717, 1.165) is 16.2 Å². The first-order valence-corrected chi connectivity index (χ1v) is 12.7. The molecular weight excluding hydrogens is 545 g/mol. The molecule has 3 N–H and O–H groups in total. The number of nitrogens with one attached hydrogen (secondary N) is 2. The Bertz CT molecular complexity index is 1130. The van der Waals surface area contributed by atoms with Gasteiger partial charge in [-0.05, 0) is 26.3 Å². The number of aliphatic carboxylic acids is 1. The maximum Gasteiger partial charge on any atom is 0.413 e. The number of carbonyl (C=O) groups is 4. The minimum absolute atomic E-state index is 0.0264. The lowest BCUT2D eigenvalue weighted by Gasteiger charge is -2.49. The summed E-state index contributed by atoms with van der Waals surface area (Å²) in [6, 6.07) is -1.02. The van der Waals surface area contributed by atoms with Gasteiger partial charge in [-0.3, -0.25) is 19.8 Å². The second-order valence-electron chi connectivity index (χ2n) is 8.14. The van der Waals surface area contributed by atoms with Crippen molar-refractivity contribution in [2.75, 3.05) is 24.1 Å². The van der Waals surface area contributed by atoms with Gasteiger partial charge in [0.1, 0.15) is 39.9 Å². The Morgan fingerprint density at radius 3 is 2.60 bits per heavy atom. The van der Waals surface area contributed by atoms with Crippen LogP contribution in [0.15, 0.2) is 16.4 Å². The fourth-order valence-corrected chi connectivity index (χ4v) is 5.88. The minimum Gasteiger partial charge on any atom is -0.477 e. The third-order valence-corrected chi connectivity index (χ3v) is 7.35. The summed E-state index contributed by atoms with van der Waals surface area (Å²) in [6.07, 6.45) is -0.766. The molecule has 2 aliphatic heterocycles. The lowest BCUT2D eigenvalue weighted by Crippen LogP contribution is -2.71. The van der Waals surface area contributed by atoms with Crippen molar-refractivity contribution in [2.24, 2.45) is 5.16 Å². The topological polar surface area (TPSA) is 160 Å². The second-order valence-corrected chi connectivity index (χ2v) is 11.1. The maximum atomic E-state index is 13.0. The molecule has 3 rings (SSSR count). The smallest absolute Gasteiger partial charge is 0.413 e. The monoisotopic (exact) mass is 565 g/mol. The van der Waals surface area contributed by atoms with Crippen LogP contribution in [0.5, 0.6) is 0 Å². The molecule has 3 amide bonds. The predicted molar refractivity (Wildman–Crippen MR) is 131 cm³/mol. The predicted octanol–water partition coefficient (Wildman–Crippen LogP) is 2.47.